The minimum absolute atomic E-state index is 0.440. The molecule has 0 spiro atoms. The van der Waals surface area contributed by atoms with E-state index < -0.39 is 0 Å². The van der Waals surface area contributed by atoms with Crippen LogP contribution in [-0.2, 0) is 11.3 Å². The van der Waals surface area contributed by atoms with E-state index in [1.165, 1.54) is 12.8 Å². The molecule has 0 unspecified atom stereocenters. The Morgan fingerprint density at radius 3 is 2.67 bits per heavy atom. The SMILES string of the molecule is CCNc1cc(N(CC2CC2)C(C)C)nc(COCC)n1. The van der Waals surface area contributed by atoms with E-state index in [1.54, 1.807) is 0 Å². The molecule has 0 aromatic carbocycles. The monoisotopic (exact) mass is 292 g/mol. The molecule has 1 fully saturated rings. The Kier molecular flexibility index (Phi) is 5.79. The van der Waals surface area contributed by atoms with Crippen molar-refractivity contribution < 1.29 is 4.74 Å². The third-order valence-electron chi connectivity index (χ3n) is 3.62. The van der Waals surface area contributed by atoms with Crippen LogP contribution < -0.4 is 10.2 Å². The average Bonchev–Trinajstić information content (AvgIpc) is 3.26. The van der Waals surface area contributed by atoms with Crippen LogP contribution >= 0.6 is 0 Å². The number of rotatable bonds is 9. The van der Waals surface area contributed by atoms with Gasteiger partial charge >= 0.3 is 0 Å². The van der Waals surface area contributed by atoms with Crippen LogP contribution in [0.15, 0.2) is 6.07 Å². The summed E-state index contributed by atoms with van der Waals surface area (Å²) in [6.07, 6.45) is 2.69. The maximum atomic E-state index is 5.47. The Bertz CT molecular complexity index is 446. The highest BCUT2D eigenvalue weighted by Crippen LogP contribution is 2.32. The highest BCUT2D eigenvalue weighted by molar-refractivity contribution is 5.50. The molecule has 0 bridgehead atoms. The molecule has 0 radical (unpaired) electrons. The maximum absolute atomic E-state index is 5.47. The lowest BCUT2D eigenvalue weighted by atomic mass is 10.2. The fourth-order valence-electron chi connectivity index (χ4n) is 2.31. The first kappa shape index (κ1) is 16.0. The third kappa shape index (κ3) is 4.84. The van der Waals surface area contributed by atoms with Crippen LogP contribution in [0.3, 0.4) is 0 Å². The molecule has 1 aromatic rings. The smallest absolute Gasteiger partial charge is 0.158 e. The summed E-state index contributed by atoms with van der Waals surface area (Å²) in [5.74, 6) is 3.49. The summed E-state index contributed by atoms with van der Waals surface area (Å²) < 4.78 is 5.47. The Morgan fingerprint density at radius 1 is 1.33 bits per heavy atom. The van der Waals surface area contributed by atoms with Crippen molar-refractivity contribution in [3.8, 4) is 0 Å². The van der Waals surface area contributed by atoms with Crippen molar-refractivity contribution in [3.63, 3.8) is 0 Å². The summed E-state index contributed by atoms with van der Waals surface area (Å²) in [5, 5.41) is 3.29. The second kappa shape index (κ2) is 7.59. The van der Waals surface area contributed by atoms with Crippen LogP contribution in [0.4, 0.5) is 11.6 Å². The predicted octanol–water partition coefficient (Wildman–Crippen LogP) is 3.07. The van der Waals surface area contributed by atoms with Crippen LogP contribution in [0, 0.1) is 5.92 Å². The van der Waals surface area contributed by atoms with Crippen LogP contribution in [-0.4, -0.2) is 35.7 Å². The summed E-state index contributed by atoms with van der Waals surface area (Å²) in [7, 11) is 0. The summed E-state index contributed by atoms with van der Waals surface area (Å²) in [6.45, 7) is 11.6. The molecule has 0 atom stereocenters. The molecule has 1 aromatic heterocycles. The van der Waals surface area contributed by atoms with Gasteiger partial charge < -0.3 is 15.0 Å². The van der Waals surface area contributed by atoms with Crippen molar-refractivity contribution in [2.45, 2.75) is 53.2 Å². The topological polar surface area (TPSA) is 50.3 Å². The van der Waals surface area contributed by atoms with E-state index in [2.05, 4.69) is 42.0 Å². The average molecular weight is 292 g/mol. The molecule has 0 amide bonds. The van der Waals surface area contributed by atoms with Crippen molar-refractivity contribution in [1.82, 2.24) is 9.97 Å². The summed E-state index contributed by atoms with van der Waals surface area (Å²) in [6, 6.07) is 2.50. The van der Waals surface area contributed by atoms with Gasteiger partial charge in [-0.1, -0.05) is 0 Å². The first-order valence-electron chi connectivity index (χ1n) is 8.10. The van der Waals surface area contributed by atoms with Gasteiger partial charge in [-0.2, -0.15) is 0 Å². The minimum Gasteiger partial charge on any atom is -0.374 e. The molecule has 1 heterocycles. The number of nitrogens with one attached hydrogen (secondary N) is 1. The van der Waals surface area contributed by atoms with Gasteiger partial charge in [0.1, 0.15) is 18.2 Å². The molecular weight excluding hydrogens is 264 g/mol. The first-order chi connectivity index (χ1) is 10.1. The number of nitrogens with zero attached hydrogens (tertiary/aromatic N) is 3. The zero-order chi connectivity index (χ0) is 15.2. The lowest BCUT2D eigenvalue weighted by Gasteiger charge is -2.28. The molecule has 1 aliphatic carbocycles. The van der Waals surface area contributed by atoms with Crippen LogP contribution in [0.5, 0.6) is 0 Å². The highest BCUT2D eigenvalue weighted by Gasteiger charge is 2.26. The van der Waals surface area contributed by atoms with Gasteiger partial charge in [-0.05, 0) is 46.5 Å². The van der Waals surface area contributed by atoms with E-state index in [-0.39, 0.29) is 0 Å². The molecule has 118 valence electrons. The van der Waals surface area contributed by atoms with Crippen molar-refractivity contribution >= 4 is 11.6 Å². The van der Waals surface area contributed by atoms with Gasteiger partial charge in [-0.25, -0.2) is 9.97 Å². The second-order valence-electron chi connectivity index (χ2n) is 5.88. The molecule has 5 heteroatoms. The molecule has 1 aliphatic rings. The lowest BCUT2D eigenvalue weighted by Crippen LogP contribution is -2.34. The van der Waals surface area contributed by atoms with Crippen LogP contribution in [0.2, 0.25) is 0 Å². The Labute approximate surface area is 128 Å². The number of ether oxygens (including phenoxy) is 1. The highest BCUT2D eigenvalue weighted by atomic mass is 16.5. The van der Waals surface area contributed by atoms with Crippen LogP contribution in [0.25, 0.3) is 0 Å². The van der Waals surface area contributed by atoms with E-state index in [0.29, 0.717) is 19.3 Å². The zero-order valence-corrected chi connectivity index (χ0v) is 13.7. The fourth-order valence-corrected chi connectivity index (χ4v) is 2.31. The first-order valence-corrected chi connectivity index (χ1v) is 8.10. The molecule has 0 saturated heterocycles. The van der Waals surface area contributed by atoms with Crippen molar-refractivity contribution in [3.05, 3.63) is 11.9 Å². The molecule has 2 rings (SSSR count). The van der Waals surface area contributed by atoms with Crippen LogP contribution in [0.1, 0.15) is 46.4 Å². The van der Waals surface area contributed by atoms with Gasteiger partial charge in [0, 0.05) is 31.8 Å². The summed E-state index contributed by atoms with van der Waals surface area (Å²) >= 11 is 0. The van der Waals surface area contributed by atoms with Gasteiger partial charge in [0.15, 0.2) is 5.82 Å². The third-order valence-corrected chi connectivity index (χ3v) is 3.62. The van der Waals surface area contributed by atoms with Crippen molar-refractivity contribution in [2.75, 3.05) is 29.9 Å². The Balaban J connectivity index is 2.22. The molecular formula is C16H28N4O. The number of anilines is 2. The molecule has 5 nitrogen and oxygen atoms in total. The molecule has 1 saturated carbocycles. The molecule has 0 aliphatic heterocycles. The Hall–Kier alpha value is -1.36. The normalized spacial score (nSPS) is 14.5. The van der Waals surface area contributed by atoms with E-state index in [9.17, 15) is 0 Å². The molecule has 1 N–H and O–H groups in total. The Morgan fingerprint density at radius 2 is 2.10 bits per heavy atom. The van der Waals surface area contributed by atoms with E-state index in [4.69, 9.17) is 9.72 Å². The summed E-state index contributed by atoms with van der Waals surface area (Å²) in [5.41, 5.74) is 0. The van der Waals surface area contributed by atoms with E-state index in [0.717, 1.165) is 36.5 Å². The van der Waals surface area contributed by atoms with Gasteiger partial charge in [-0.3, -0.25) is 0 Å². The number of hydrogen-bond donors (Lipinski definition) is 1. The largest absolute Gasteiger partial charge is 0.374 e. The lowest BCUT2D eigenvalue weighted by molar-refractivity contribution is 0.128. The van der Waals surface area contributed by atoms with E-state index >= 15 is 0 Å². The quantitative estimate of drug-likeness (QED) is 0.758. The van der Waals surface area contributed by atoms with Crippen molar-refractivity contribution in [1.29, 1.82) is 0 Å². The number of hydrogen-bond acceptors (Lipinski definition) is 5. The van der Waals surface area contributed by atoms with E-state index in [1.807, 2.05) is 6.92 Å². The summed E-state index contributed by atoms with van der Waals surface area (Å²) in [4.78, 5) is 11.6. The second-order valence-corrected chi connectivity index (χ2v) is 5.88. The van der Waals surface area contributed by atoms with Gasteiger partial charge in [-0.15, -0.1) is 0 Å². The molecule has 21 heavy (non-hydrogen) atoms. The predicted molar refractivity (Wildman–Crippen MR) is 86.7 cm³/mol. The van der Waals surface area contributed by atoms with Gasteiger partial charge in [0.2, 0.25) is 0 Å². The fraction of sp³-hybridized carbons (Fsp3) is 0.750. The minimum atomic E-state index is 0.440. The maximum Gasteiger partial charge on any atom is 0.158 e. The number of aromatic nitrogens is 2. The standard InChI is InChI=1S/C16H28N4O/c1-5-17-14-9-16(19-15(18-14)11-21-6-2)20(12(3)4)10-13-7-8-13/h9,12-13H,5-8,10-11H2,1-4H3,(H,17,18,19). The van der Waals surface area contributed by atoms with Gasteiger partial charge in [0.25, 0.3) is 0 Å². The zero-order valence-electron chi connectivity index (χ0n) is 13.7. The van der Waals surface area contributed by atoms with Crippen molar-refractivity contribution in [2.24, 2.45) is 5.92 Å². The van der Waals surface area contributed by atoms with Gasteiger partial charge in [0.05, 0.1) is 0 Å².